The third kappa shape index (κ3) is 2.99. The molecule has 0 amide bonds. The number of hydrogen-bond acceptors (Lipinski definition) is 3. The van der Waals surface area contributed by atoms with Gasteiger partial charge in [0.1, 0.15) is 5.82 Å². The highest BCUT2D eigenvalue weighted by atomic mass is 79.9. The van der Waals surface area contributed by atoms with Crippen molar-refractivity contribution in [3.63, 3.8) is 0 Å². The molecule has 1 N–H and O–H groups in total. The average molecular weight is 299 g/mol. The average Bonchev–Trinajstić information content (AvgIpc) is 2.69. The highest BCUT2D eigenvalue weighted by Crippen LogP contribution is 2.31. The minimum absolute atomic E-state index is 0.516. The van der Waals surface area contributed by atoms with Crippen molar-refractivity contribution in [2.45, 2.75) is 38.2 Å². The van der Waals surface area contributed by atoms with Crippen molar-refractivity contribution in [3.8, 4) is 0 Å². The van der Waals surface area contributed by atoms with Gasteiger partial charge in [0.2, 0.25) is 0 Å². The van der Waals surface area contributed by atoms with Crippen LogP contribution in [0, 0.1) is 6.92 Å². The van der Waals surface area contributed by atoms with Gasteiger partial charge in [-0.3, -0.25) is 0 Å². The first kappa shape index (κ1) is 12.8. The van der Waals surface area contributed by atoms with Gasteiger partial charge < -0.3 is 10.0 Å². The molecular formula is C13H19BrN2O. The van der Waals surface area contributed by atoms with Crippen LogP contribution in [0.3, 0.4) is 0 Å². The topological polar surface area (TPSA) is 36.4 Å². The molecule has 0 atom stereocenters. The van der Waals surface area contributed by atoms with Crippen molar-refractivity contribution >= 4 is 21.7 Å². The first-order valence-electron chi connectivity index (χ1n) is 6.07. The van der Waals surface area contributed by atoms with E-state index in [0.717, 1.165) is 41.7 Å². The largest absolute Gasteiger partial charge is 0.388 e. The Hall–Kier alpha value is -0.610. The van der Waals surface area contributed by atoms with Crippen LogP contribution in [0.1, 0.15) is 31.4 Å². The highest BCUT2D eigenvalue weighted by Gasteiger charge is 2.32. The van der Waals surface area contributed by atoms with Crippen molar-refractivity contribution in [1.29, 1.82) is 0 Å². The van der Waals surface area contributed by atoms with Crippen LogP contribution in [0.5, 0.6) is 0 Å². The van der Waals surface area contributed by atoms with E-state index in [0.29, 0.717) is 6.54 Å². The summed E-state index contributed by atoms with van der Waals surface area (Å²) in [4.78, 5) is 6.56. The maximum Gasteiger partial charge on any atom is 0.128 e. The zero-order valence-corrected chi connectivity index (χ0v) is 12.0. The highest BCUT2D eigenvalue weighted by molar-refractivity contribution is 9.10. The van der Waals surface area contributed by atoms with Crippen molar-refractivity contribution in [1.82, 2.24) is 4.98 Å². The Morgan fingerprint density at radius 2 is 2.06 bits per heavy atom. The molecule has 0 aliphatic heterocycles. The van der Waals surface area contributed by atoms with Crippen LogP contribution < -0.4 is 4.90 Å². The summed E-state index contributed by atoms with van der Waals surface area (Å²) in [6.45, 7) is 2.65. The summed E-state index contributed by atoms with van der Waals surface area (Å²) in [5.41, 5.74) is 0.463. The lowest BCUT2D eigenvalue weighted by Gasteiger charge is -2.29. The molecule has 1 saturated carbocycles. The maximum atomic E-state index is 10.4. The van der Waals surface area contributed by atoms with Gasteiger partial charge in [0.25, 0.3) is 0 Å². The summed E-state index contributed by atoms with van der Waals surface area (Å²) in [6.07, 6.45) is 4.09. The van der Waals surface area contributed by atoms with Gasteiger partial charge in [-0.2, -0.15) is 0 Å². The van der Waals surface area contributed by atoms with Crippen LogP contribution >= 0.6 is 15.9 Å². The fourth-order valence-electron chi connectivity index (χ4n) is 2.46. The lowest BCUT2D eigenvalue weighted by atomic mass is 10.0. The van der Waals surface area contributed by atoms with E-state index in [9.17, 15) is 5.11 Å². The molecule has 1 aromatic rings. The van der Waals surface area contributed by atoms with Crippen molar-refractivity contribution in [2.24, 2.45) is 0 Å². The summed E-state index contributed by atoms with van der Waals surface area (Å²) in [5.74, 6) is 0.922. The summed E-state index contributed by atoms with van der Waals surface area (Å²) < 4.78 is 1.02. The molecule has 0 spiro atoms. The zero-order valence-electron chi connectivity index (χ0n) is 10.4. The number of aliphatic hydroxyl groups is 1. The Labute approximate surface area is 111 Å². The van der Waals surface area contributed by atoms with E-state index in [1.807, 2.05) is 31.0 Å². The molecule has 94 valence electrons. The monoisotopic (exact) mass is 298 g/mol. The number of likely N-dealkylation sites (N-methyl/N-ethyl adjacent to an activating group) is 1. The predicted octanol–water partition coefficient (Wildman–Crippen LogP) is 2.89. The Bertz CT molecular complexity index is 402. The van der Waals surface area contributed by atoms with Gasteiger partial charge in [-0.05, 0) is 47.8 Å². The first-order chi connectivity index (χ1) is 8.00. The lowest BCUT2D eigenvalue weighted by molar-refractivity contribution is 0.0558. The third-order valence-corrected chi connectivity index (χ3v) is 4.30. The predicted molar refractivity (Wildman–Crippen MR) is 73.4 cm³/mol. The normalized spacial score (nSPS) is 18.4. The van der Waals surface area contributed by atoms with Crippen molar-refractivity contribution in [2.75, 3.05) is 18.5 Å². The quantitative estimate of drug-likeness (QED) is 0.932. The number of aromatic nitrogens is 1. The number of pyridine rings is 1. The van der Waals surface area contributed by atoms with Crippen LogP contribution in [0.4, 0.5) is 5.82 Å². The molecule has 17 heavy (non-hydrogen) atoms. The van der Waals surface area contributed by atoms with E-state index in [2.05, 4.69) is 20.9 Å². The molecule has 0 saturated heterocycles. The molecule has 2 rings (SSSR count). The number of nitrogens with zero attached hydrogens (tertiary/aromatic N) is 2. The van der Waals surface area contributed by atoms with E-state index >= 15 is 0 Å². The van der Waals surface area contributed by atoms with Crippen LogP contribution in [-0.4, -0.2) is 29.3 Å². The SMILES string of the molecule is Cc1nc(N(C)CC2(O)CCCC2)ccc1Br. The molecule has 4 heteroatoms. The molecular weight excluding hydrogens is 280 g/mol. The number of hydrogen-bond donors (Lipinski definition) is 1. The van der Waals surface area contributed by atoms with E-state index in [-0.39, 0.29) is 0 Å². The third-order valence-electron chi connectivity index (χ3n) is 3.46. The minimum Gasteiger partial charge on any atom is -0.388 e. The summed E-state index contributed by atoms with van der Waals surface area (Å²) >= 11 is 3.45. The lowest BCUT2D eigenvalue weighted by Crippen LogP contribution is -2.39. The van der Waals surface area contributed by atoms with Gasteiger partial charge in [-0.15, -0.1) is 0 Å². The van der Waals surface area contributed by atoms with Crippen LogP contribution in [0.2, 0.25) is 0 Å². The number of rotatable bonds is 3. The molecule has 0 unspecified atom stereocenters. The Morgan fingerprint density at radius 3 is 2.65 bits per heavy atom. The number of anilines is 1. The minimum atomic E-state index is -0.516. The van der Waals surface area contributed by atoms with E-state index in [1.54, 1.807) is 0 Å². The smallest absolute Gasteiger partial charge is 0.128 e. The van der Waals surface area contributed by atoms with Gasteiger partial charge in [0, 0.05) is 18.1 Å². The molecule has 1 aliphatic carbocycles. The van der Waals surface area contributed by atoms with Gasteiger partial charge >= 0.3 is 0 Å². The van der Waals surface area contributed by atoms with Gasteiger partial charge in [-0.25, -0.2) is 4.98 Å². The van der Waals surface area contributed by atoms with Gasteiger partial charge in [0.15, 0.2) is 0 Å². The summed E-state index contributed by atoms with van der Waals surface area (Å²) in [6, 6.07) is 3.99. The van der Waals surface area contributed by atoms with Crippen molar-refractivity contribution < 1.29 is 5.11 Å². The maximum absolute atomic E-state index is 10.4. The van der Waals surface area contributed by atoms with Crippen LogP contribution in [0.25, 0.3) is 0 Å². The molecule has 0 aromatic carbocycles. The zero-order chi connectivity index (χ0) is 12.5. The number of aryl methyl sites for hydroxylation is 1. The fraction of sp³-hybridized carbons (Fsp3) is 0.615. The Kier molecular flexibility index (Phi) is 3.73. The molecule has 0 bridgehead atoms. The standard InChI is InChI=1S/C13H19BrN2O/c1-10-11(14)5-6-12(15-10)16(2)9-13(17)7-3-4-8-13/h5-6,17H,3-4,7-9H2,1-2H3. The summed E-state index contributed by atoms with van der Waals surface area (Å²) in [7, 11) is 1.99. The Morgan fingerprint density at radius 1 is 1.41 bits per heavy atom. The van der Waals surface area contributed by atoms with E-state index in [4.69, 9.17) is 0 Å². The van der Waals surface area contributed by atoms with Crippen LogP contribution in [0.15, 0.2) is 16.6 Å². The van der Waals surface area contributed by atoms with Crippen molar-refractivity contribution in [3.05, 3.63) is 22.3 Å². The van der Waals surface area contributed by atoms with E-state index in [1.165, 1.54) is 0 Å². The molecule has 1 aliphatic rings. The Balaban J connectivity index is 2.08. The van der Waals surface area contributed by atoms with Crippen LogP contribution in [-0.2, 0) is 0 Å². The first-order valence-corrected chi connectivity index (χ1v) is 6.86. The molecule has 1 fully saturated rings. The van der Waals surface area contributed by atoms with E-state index < -0.39 is 5.60 Å². The second-order valence-electron chi connectivity index (χ2n) is 5.02. The number of halogens is 1. The van der Waals surface area contributed by atoms with Gasteiger partial charge in [0.05, 0.1) is 11.3 Å². The summed E-state index contributed by atoms with van der Waals surface area (Å²) in [5, 5.41) is 10.4. The molecule has 3 nitrogen and oxygen atoms in total. The second kappa shape index (κ2) is 4.94. The van der Waals surface area contributed by atoms with Gasteiger partial charge in [-0.1, -0.05) is 12.8 Å². The fourth-order valence-corrected chi connectivity index (χ4v) is 2.68. The second-order valence-corrected chi connectivity index (χ2v) is 5.88. The molecule has 0 radical (unpaired) electrons. The molecule has 1 heterocycles. The molecule has 1 aromatic heterocycles.